The predicted octanol–water partition coefficient (Wildman–Crippen LogP) is 1.86. The fourth-order valence-corrected chi connectivity index (χ4v) is 2.21. The molecule has 0 saturated heterocycles. The van der Waals surface area contributed by atoms with E-state index in [1.165, 1.54) is 11.4 Å². The summed E-state index contributed by atoms with van der Waals surface area (Å²) in [5, 5.41) is 13.4. The summed E-state index contributed by atoms with van der Waals surface area (Å²) < 4.78 is 1.48. The van der Waals surface area contributed by atoms with E-state index < -0.39 is 0 Å². The highest BCUT2D eigenvalue weighted by Gasteiger charge is 2.18. The zero-order valence-electron chi connectivity index (χ0n) is 10.6. The van der Waals surface area contributed by atoms with Gasteiger partial charge < -0.3 is 5.73 Å². The third-order valence-electron chi connectivity index (χ3n) is 3.06. The second-order valence-electron chi connectivity index (χ2n) is 4.21. The molecule has 5 nitrogen and oxygen atoms in total. The third kappa shape index (κ3) is 1.54. The van der Waals surface area contributed by atoms with Gasteiger partial charge in [-0.1, -0.05) is 6.92 Å². The SMILES string of the molecule is CCc1cc2c(C(C)=O)c(C)nn2c(N)c1C#N. The van der Waals surface area contributed by atoms with Gasteiger partial charge in [-0.05, 0) is 31.9 Å². The van der Waals surface area contributed by atoms with Gasteiger partial charge >= 0.3 is 0 Å². The summed E-state index contributed by atoms with van der Waals surface area (Å²) in [6.07, 6.45) is 0.686. The van der Waals surface area contributed by atoms with Crippen molar-refractivity contribution in [2.45, 2.75) is 27.2 Å². The average molecular weight is 242 g/mol. The first kappa shape index (κ1) is 12.1. The Morgan fingerprint density at radius 3 is 2.78 bits per heavy atom. The van der Waals surface area contributed by atoms with Crippen LogP contribution in [0.1, 0.15) is 41.0 Å². The van der Waals surface area contributed by atoms with Gasteiger partial charge in [0.1, 0.15) is 11.9 Å². The van der Waals surface area contributed by atoms with Crippen molar-refractivity contribution in [2.24, 2.45) is 0 Å². The zero-order valence-corrected chi connectivity index (χ0v) is 10.6. The van der Waals surface area contributed by atoms with Gasteiger partial charge in [0.2, 0.25) is 0 Å². The first-order chi connectivity index (χ1) is 8.51. The van der Waals surface area contributed by atoms with Crippen molar-refractivity contribution in [1.29, 1.82) is 5.26 Å². The fourth-order valence-electron chi connectivity index (χ4n) is 2.21. The van der Waals surface area contributed by atoms with Crippen LogP contribution in [-0.2, 0) is 6.42 Å². The van der Waals surface area contributed by atoms with Crippen molar-refractivity contribution in [2.75, 3.05) is 5.73 Å². The lowest BCUT2D eigenvalue weighted by molar-refractivity contribution is 0.101. The van der Waals surface area contributed by atoms with E-state index in [1.54, 1.807) is 6.92 Å². The van der Waals surface area contributed by atoms with E-state index in [0.29, 0.717) is 34.6 Å². The molecule has 0 unspecified atom stereocenters. The van der Waals surface area contributed by atoms with E-state index in [9.17, 15) is 4.79 Å². The van der Waals surface area contributed by atoms with Gasteiger partial charge in [0, 0.05) is 0 Å². The number of ketones is 1. The quantitative estimate of drug-likeness (QED) is 0.814. The molecule has 5 heteroatoms. The first-order valence-electron chi connectivity index (χ1n) is 5.73. The standard InChI is InChI=1S/C13H14N4O/c1-4-9-5-11-12(8(3)18)7(2)16-17(11)13(15)10(9)6-14/h5H,4,15H2,1-3H3. The lowest BCUT2D eigenvalue weighted by atomic mass is 10.0. The lowest BCUT2D eigenvalue weighted by Crippen LogP contribution is -2.05. The number of anilines is 1. The van der Waals surface area contributed by atoms with Crippen molar-refractivity contribution in [3.05, 3.63) is 28.5 Å². The van der Waals surface area contributed by atoms with Crippen LogP contribution in [0.2, 0.25) is 0 Å². The molecule has 2 heterocycles. The Labute approximate surface area is 105 Å². The molecule has 2 aromatic heterocycles. The number of fused-ring (bicyclic) bond motifs is 1. The van der Waals surface area contributed by atoms with E-state index in [1.807, 2.05) is 13.0 Å². The minimum absolute atomic E-state index is 0.0475. The van der Waals surface area contributed by atoms with Crippen LogP contribution < -0.4 is 5.73 Å². The first-order valence-corrected chi connectivity index (χ1v) is 5.73. The maximum atomic E-state index is 11.6. The molecule has 0 spiro atoms. The second kappa shape index (κ2) is 4.15. The van der Waals surface area contributed by atoms with Crippen LogP contribution >= 0.6 is 0 Å². The molecule has 0 aliphatic heterocycles. The molecule has 0 aliphatic rings. The lowest BCUT2D eigenvalue weighted by Gasteiger charge is -2.07. The molecular weight excluding hydrogens is 228 g/mol. The van der Waals surface area contributed by atoms with Gasteiger partial charge in [-0.3, -0.25) is 4.79 Å². The summed E-state index contributed by atoms with van der Waals surface area (Å²) in [5.74, 6) is 0.246. The van der Waals surface area contributed by atoms with Crippen LogP contribution in [0.4, 0.5) is 5.82 Å². The van der Waals surface area contributed by atoms with E-state index in [2.05, 4.69) is 11.2 Å². The number of nitrogens with two attached hydrogens (primary N) is 1. The van der Waals surface area contributed by atoms with Gasteiger partial charge in [-0.25, -0.2) is 4.52 Å². The molecule has 18 heavy (non-hydrogen) atoms. The van der Waals surface area contributed by atoms with Crippen LogP contribution in [0.15, 0.2) is 6.07 Å². The third-order valence-corrected chi connectivity index (χ3v) is 3.06. The largest absolute Gasteiger partial charge is 0.383 e. The number of hydrogen-bond donors (Lipinski definition) is 1. The number of nitrogen functional groups attached to an aromatic ring is 1. The monoisotopic (exact) mass is 242 g/mol. The Morgan fingerprint density at radius 2 is 2.28 bits per heavy atom. The number of nitriles is 1. The molecule has 0 radical (unpaired) electrons. The summed E-state index contributed by atoms with van der Waals surface area (Å²) in [5.41, 5.74) is 9.10. The number of Topliss-reactive ketones (excluding diaryl/α,β-unsaturated/α-hetero) is 1. The van der Waals surface area contributed by atoms with E-state index >= 15 is 0 Å². The van der Waals surface area contributed by atoms with E-state index in [0.717, 1.165) is 5.56 Å². The maximum Gasteiger partial charge on any atom is 0.163 e. The van der Waals surface area contributed by atoms with Crippen LogP contribution in [0.5, 0.6) is 0 Å². The molecule has 0 aromatic carbocycles. The second-order valence-corrected chi connectivity index (χ2v) is 4.21. The molecule has 0 amide bonds. The summed E-state index contributed by atoms with van der Waals surface area (Å²) in [4.78, 5) is 11.6. The van der Waals surface area contributed by atoms with Crippen molar-refractivity contribution >= 4 is 17.1 Å². The maximum absolute atomic E-state index is 11.6. The number of pyridine rings is 1. The summed E-state index contributed by atoms with van der Waals surface area (Å²) in [6.45, 7) is 5.22. The summed E-state index contributed by atoms with van der Waals surface area (Å²) in [7, 11) is 0. The van der Waals surface area contributed by atoms with Crippen LogP contribution in [0, 0.1) is 18.3 Å². The van der Waals surface area contributed by atoms with Crippen LogP contribution in [0.3, 0.4) is 0 Å². The molecular formula is C13H14N4O. The molecule has 2 aromatic rings. The predicted molar refractivity (Wildman–Crippen MR) is 68.4 cm³/mol. The summed E-state index contributed by atoms with van der Waals surface area (Å²) in [6, 6.07) is 3.92. The highest BCUT2D eigenvalue weighted by molar-refractivity contribution is 6.02. The van der Waals surface area contributed by atoms with Crippen molar-refractivity contribution < 1.29 is 4.79 Å². The Morgan fingerprint density at radius 1 is 1.61 bits per heavy atom. The molecule has 0 fully saturated rings. The number of rotatable bonds is 2. The number of nitrogens with zero attached hydrogens (tertiary/aromatic N) is 3. The molecule has 0 saturated carbocycles. The Balaban J connectivity index is 2.96. The molecule has 2 rings (SSSR count). The number of aromatic nitrogens is 2. The molecule has 0 bridgehead atoms. The Hall–Kier alpha value is -2.35. The topological polar surface area (TPSA) is 84.2 Å². The van der Waals surface area contributed by atoms with Crippen LogP contribution in [0.25, 0.3) is 5.52 Å². The van der Waals surface area contributed by atoms with Crippen LogP contribution in [-0.4, -0.2) is 15.4 Å². The van der Waals surface area contributed by atoms with Gasteiger partial charge in [-0.2, -0.15) is 10.4 Å². The minimum atomic E-state index is -0.0475. The van der Waals surface area contributed by atoms with Gasteiger partial charge in [0.15, 0.2) is 5.78 Å². The van der Waals surface area contributed by atoms with Gasteiger partial charge in [0.05, 0.1) is 22.3 Å². The molecule has 2 N–H and O–H groups in total. The molecule has 92 valence electrons. The van der Waals surface area contributed by atoms with Crippen molar-refractivity contribution in [3.8, 4) is 6.07 Å². The smallest absolute Gasteiger partial charge is 0.163 e. The van der Waals surface area contributed by atoms with Gasteiger partial charge in [-0.15, -0.1) is 0 Å². The molecule has 0 aliphatic carbocycles. The fraction of sp³-hybridized carbons (Fsp3) is 0.308. The van der Waals surface area contributed by atoms with E-state index in [4.69, 9.17) is 11.0 Å². The number of carbonyl (C=O) groups is 1. The highest BCUT2D eigenvalue weighted by atomic mass is 16.1. The Bertz CT molecular complexity index is 691. The highest BCUT2D eigenvalue weighted by Crippen LogP contribution is 2.25. The molecule has 0 atom stereocenters. The van der Waals surface area contributed by atoms with Crippen molar-refractivity contribution in [1.82, 2.24) is 9.61 Å². The number of carbonyl (C=O) groups excluding carboxylic acids is 1. The van der Waals surface area contributed by atoms with Gasteiger partial charge in [0.25, 0.3) is 0 Å². The average Bonchev–Trinajstić information content (AvgIpc) is 2.65. The summed E-state index contributed by atoms with van der Waals surface area (Å²) >= 11 is 0. The normalized spacial score (nSPS) is 10.6. The van der Waals surface area contributed by atoms with Crippen molar-refractivity contribution in [3.63, 3.8) is 0 Å². The minimum Gasteiger partial charge on any atom is -0.383 e. The Kier molecular flexibility index (Phi) is 2.79. The van der Waals surface area contributed by atoms with E-state index in [-0.39, 0.29) is 5.78 Å². The number of aryl methyl sites for hydroxylation is 2. The number of hydrogen-bond acceptors (Lipinski definition) is 4. The zero-order chi connectivity index (χ0) is 13.4.